The zero-order chi connectivity index (χ0) is 20.8. The number of nitrogens with zero attached hydrogens (tertiary/aromatic N) is 2. The lowest BCUT2D eigenvalue weighted by Crippen LogP contribution is -2.35. The van der Waals surface area contributed by atoms with Crippen molar-refractivity contribution in [2.75, 3.05) is 38.6 Å². The normalized spacial score (nSPS) is 14.9. The van der Waals surface area contributed by atoms with E-state index in [9.17, 15) is 9.59 Å². The van der Waals surface area contributed by atoms with Crippen LogP contribution in [0.25, 0.3) is 0 Å². The van der Waals surface area contributed by atoms with Crippen LogP contribution in [0, 0.1) is 6.92 Å². The molecule has 1 heterocycles. The number of nitrogens with one attached hydrogen (secondary N) is 1. The van der Waals surface area contributed by atoms with Crippen molar-refractivity contribution in [2.45, 2.75) is 26.8 Å². The van der Waals surface area contributed by atoms with Gasteiger partial charge in [0.1, 0.15) is 5.75 Å². The van der Waals surface area contributed by atoms with E-state index in [0.717, 1.165) is 43.9 Å². The summed E-state index contributed by atoms with van der Waals surface area (Å²) in [5, 5.41) is 2.80. The number of anilines is 1. The summed E-state index contributed by atoms with van der Waals surface area (Å²) >= 11 is 0. The average Bonchev–Trinajstić information content (AvgIpc) is 2.95. The molecule has 2 amide bonds. The number of hydrogen-bond acceptors (Lipinski definition) is 4. The van der Waals surface area contributed by atoms with Crippen molar-refractivity contribution in [3.8, 4) is 5.75 Å². The Morgan fingerprint density at radius 3 is 2.48 bits per heavy atom. The third-order valence-corrected chi connectivity index (χ3v) is 5.24. The van der Waals surface area contributed by atoms with Crippen LogP contribution in [-0.2, 0) is 11.3 Å². The van der Waals surface area contributed by atoms with Crippen LogP contribution < -0.4 is 10.1 Å². The van der Waals surface area contributed by atoms with Gasteiger partial charge >= 0.3 is 0 Å². The molecule has 1 aliphatic rings. The summed E-state index contributed by atoms with van der Waals surface area (Å²) < 4.78 is 5.22. The van der Waals surface area contributed by atoms with Gasteiger partial charge < -0.3 is 15.0 Å². The zero-order valence-electron chi connectivity index (χ0n) is 17.4. The molecule has 2 aromatic rings. The summed E-state index contributed by atoms with van der Waals surface area (Å²) in [6.45, 7) is 7.48. The lowest BCUT2D eigenvalue weighted by Gasteiger charge is -2.22. The lowest BCUT2D eigenvalue weighted by molar-refractivity contribution is -0.114. The number of methoxy groups -OCH3 is 1. The second-order valence-corrected chi connectivity index (χ2v) is 7.48. The van der Waals surface area contributed by atoms with Crippen LogP contribution in [0.2, 0.25) is 0 Å². The molecule has 2 aromatic carbocycles. The quantitative estimate of drug-likeness (QED) is 0.844. The molecule has 0 atom stereocenters. The monoisotopic (exact) mass is 395 g/mol. The first kappa shape index (κ1) is 20.9. The Kier molecular flexibility index (Phi) is 6.88. The maximum Gasteiger partial charge on any atom is 0.253 e. The first-order valence-electron chi connectivity index (χ1n) is 9.99. The number of carbonyl (C=O) groups is 2. The van der Waals surface area contributed by atoms with Crippen molar-refractivity contribution >= 4 is 17.5 Å². The summed E-state index contributed by atoms with van der Waals surface area (Å²) in [5.74, 6) is 0.739. The first-order valence-corrected chi connectivity index (χ1v) is 9.99. The molecule has 0 saturated carbocycles. The summed E-state index contributed by atoms with van der Waals surface area (Å²) in [6.07, 6.45) is 0.937. The number of aryl methyl sites for hydroxylation is 1. The zero-order valence-corrected chi connectivity index (χ0v) is 17.4. The van der Waals surface area contributed by atoms with E-state index in [1.54, 1.807) is 13.2 Å². The van der Waals surface area contributed by atoms with Crippen LogP contribution in [-0.4, -0.2) is 54.9 Å². The van der Waals surface area contributed by atoms with E-state index in [1.165, 1.54) is 12.5 Å². The molecule has 3 rings (SSSR count). The number of ether oxygens (including phenoxy) is 1. The number of hydrogen-bond donors (Lipinski definition) is 1. The summed E-state index contributed by atoms with van der Waals surface area (Å²) in [5.41, 5.74) is 3.49. The van der Waals surface area contributed by atoms with Crippen molar-refractivity contribution in [3.63, 3.8) is 0 Å². The van der Waals surface area contributed by atoms with E-state index < -0.39 is 0 Å². The molecule has 1 fully saturated rings. The Hall–Kier alpha value is -2.86. The molecule has 6 heteroatoms. The van der Waals surface area contributed by atoms with Crippen LogP contribution in [0.4, 0.5) is 5.69 Å². The predicted molar refractivity (Wildman–Crippen MR) is 114 cm³/mol. The van der Waals surface area contributed by atoms with Crippen LogP contribution in [0.5, 0.6) is 5.75 Å². The second kappa shape index (κ2) is 9.56. The van der Waals surface area contributed by atoms with E-state index in [0.29, 0.717) is 17.8 Å². The molecule has 0 spiro atoms. The van der Waals surface area contributed by atoms with Gasteiger partial charge in [0, 0.05) is 50.9 Å². The van der Waals surface area contributed by atoms with Gasteiger partial charge in [-0.3, -0.25) is 14.5 Å². The SMILES string of the molecule is COc1ccc(CN2CCCN(C(=O)c3ccc(C)c(NC(C)=O)c3)CC2)cc1. The number of amides is 2. The summed E-state index contributed by atoms with van der Waals surface area (Å²) in [7, 11) is 1.67. The Morgan fingerprint density at radius 2 is 1.79 bits per heavy atom. The van der Waals surface area contributed by atoms with Crippen molar-refractivity contribution < 1.29 is 14.3 Å². The maximum atomic E-state index is 13.0. The van der Waals surface area contributed by atoms with Crippen molar-refractivity contribution in [3.05, 3.63) is 59.2 Å². The molecule has 0 aromatic heterocycles. The van der Waals surface area contributed by atoms with Gasteiger partial charge in [0.15, 0.2) is 0 Å². The van der Waals surface area contributed by atoms with Crippen LogP contribution in [0.15, 0.2) is 42.5 Å². The lowest BCUT2D eigenvalue weighted by atomic mass is 10.1. The minimum atomic E-state index is -0.137. The molecular weight excluding hydrogens is 366 g/mol. The van der Waals surface area contributed by atoms with Gasteiger partial charge in [0.2, 0.25) is 5.91 Å². The molecule has 154 valence electrons. The topological polar surface area (TPSA) is 61.9 Å². The van der Waals surface area contributed by atoms with Crippen LogP contribution in [0.1, 0.15) is 34.8 Å². The fourth-order valence-corrected chi connectivity index (χ4v) is 3.58. The standard InChI is InChI=1S/C23H29N3O3/c1-17-5-8-20(15-22(17)24-18(2)27)23(28)26-12-4-11-25(13-14-26)16-19-6-9-21(29-3)10-7-19/h5-10,15H,4,11-14,16H2,1-3H3,(H,24,27). The highest BCUT2D eigenvalue weighted by Crippen LogP contribution is 2.19. The second-order valence-electron chi connectivity index (χ2n) is 7.48. The minimum Gasteiger partial charge on any atom is -0.497 e. The third kappa shape index (κ3) is 5.57. The first-order chi connectivity index (χ1) is 14.0. The molecule has 0 bridgehead atoms. The van der Waals surface area contributed by atoms with E-state index in [4.69, 9.17) is 4.74 Å². The van der Waals surface area contributed by atoms with Gasteiger partial charge in [-0.15, -0.1) is 0 Å². The predicted octanol–water partition coefficient (Wildman–Crippen LogP) is 3.31. The number of rotatable bonds is 5. The van der Waals surface area contributed by atoms with Gasteiger partial charge in [-0.1, -0.05) is 18.2 Å². The average molecular weight is 396 g/mol. The fraction of sp³-hybridized carbons (Fsp3) is 0.391. The van der Waals surface area contributed by atoms with E-state index >= 15 is 0 Å². The largest absolute Gasteiger partial charge is 0.497 e. The fourth-order valence-electron chi connectivity index (χ4n) is 3.58. The van der Waals surface area contributed by atoms with Gasteiger partial charge in [-0.05, 0) is 48.7 Å². The molecule has 1 N–H and O–H groups in total. The highest BCUT2D eigenvalue weighted by atomic mass is 16.5. The van der Waals surface area contributed by atoms with Crippen molar-refractivity contribution in [1.29, 1.82) is 0 Å². The highest BCUT2D eigenvalue weighted by Gasteiger charge is 2.21. The molecule has 0 radical (unpaired) electrons. The van der Waals surface area contributed by atoms with Crippen LogP contribution in [0.3, 0.4) is 0 Å². The molecule has 6 nitrogen and oxygen atoms in total. The Labute approximate surface area is 172 Å². The van der Waals surface area contributed by atoms with Gasteiger partial charge in [0.05, 0.1) is 7.11 Å². The smallest absolute Gasteiger partial charge is 0.253 e. The van der Waals surface area contributed by atoms with E-state index in [1.807, 2.05) is 36.1 Å². The molecule has 1 aliphatic heterocycles. The van der Waals surface area contributed by atoms with E-state index in [2.05, 4.69) is 22.3 Å². The molecule has 0 unspecified atom stereocenters. The number of benzene rings is 2. The van der Waals surface area contributed by atoms with Crippen molar-refractivity contribution in [1.82, 2.24) is 9.80 Å². The molecular formula is C23H29N3O3. The minimum absolute atomic E-state index is 0.0166. The third-order valence-electron chi connectivity index (χ3n) is 5.24. The Bertz CT molecular complexity index is 864. The summed E-state index contributed by atoms with van der Waals surface area (Å²) in [6, 6.07) is 13.6. The van der Waals surface area contributed by atoms with Crippen LogP contribution >= 0.6 is 0 Å². The molecule has 29 heavy (non-hydrogen) atoms. The maximum absolute atomic E-state index is 13.0. The van der Waals surface area contributed by atoms with Gasteiger partial charge in [-0.2, -0.15) is 0 Å². The molecule has 0 aliphatic carbocycles. The Balaban J connectivity index is 1.62. The van der Waals surface area contributed by atoms with Crippen molar-refractivity contribution in [2.24, 2.45) is 0 Å². The Morgan fingerprint density at radius 1 is 1.03 bits per heavy atom. The van der Waals surface area contributed by atoms with Gasteiger partial charge in [0.25, 0.3) is 5.91 Å². The molecule has 1 saturated heterocycles. The highest BCUT2D eigenvalue weighted by molar-refractivity contribution is 5.97. The van der Waals surface area contributed by atoms with E-state index in [-0.39, 0.29) is 11.8 Å². The van der Waals surface area contributed by atoms with Gasteiger partial charge in [-0.25, -0.2) is 0 Å². The number of carbonyl (C=O) groups excluding carboxylic acids is 2. The summed E-state index contributed by atoms with van der Waals surface area (Å²) in [4.78, 5) is 28.7.